The van der Waals surface area contributed by atoms with Gasteiger partial charge in [0.15, 0.2) is 5.78 Å². The van der Waals surface area contributed by atoms with E-state index in [1.807, 2.05) is 12.1 Å². The number of pyridine rings is 1. The summed E-state index contributed by atoms with van der Waals surface area (Å²) in [6, 6.07) is 12.5. The quantitative estimate of drug-likeness (QED) is 0.784. The van der Waals surface area contributed by atoms with Gasteiger partial charge in [0.2, 0.25) is 0 Å². The predicted molar refractivity (Wildman–Crippen MR) is 80.3 cm³/mol. The Morgan fingerprint density at radius 3 is 2.20 bits per heavy atom. The van der Waals surface area contributed by atoms with Crippen LogP contribution in [0.15, 0.2) is 42.6 Å². The largest absolute Gasteiger partial charge is 0.356 e. The second kappa shape index (κ2) is 5.45. The molecule has 2 heterocycles. The molecule has 1 aliphatic rings. The van der Waals surface area contributed by atoms with Gasteiger partial charge < -0.3 is 4.90 Å². The van der Waals surface area contributed by atoms with E-state index in [1.165, 1.54) is 11.1 Å². The summed E-state index contributed by atoms with van der Waals surface area (Å²) < 4.78 is 0. The molecule has 0 bridgehead atoms. The average molecular weight is 266 g/mol. The Morgan fingerprint density at radius 1 is 1.05 bits per heavy atom. The lowest BCUT2D eigenvalue weighted by molar-refractivity contribution is 0.101. The van der Waals surface area contributed by atoms with E-state index in [-0.39, 0.29) is 5.78 Å². The zero-order valence-electron chi connectivity index (χ0n) is 11.7. The Labute approximate surface area is 119 Å². The maximum atomic E-state index is 11.3. The minimum Gasteiger partial charge on any atom is -0.356 e. The van der Waals surface area contributed by atoms with Gasteiger partial charge in [-0.1, -0.05) is 24.3 Å². The van der Waals surface area contributed by atoms with Gasteiger partial charge in [0.25, 0.3) is 0 Å². The molecule has 0 atom stereocenters. The number of hydrogen-bond donors (Lipinski definition) is 0. The Morgan fingerprint density at radius 2 is 1.70 bits per heavy atom. The van der Waals surface area contributed by atoms with Crippen molar-refractivity contribution in [2.24, 2.45) is 0 Å². The fourth-order valence-electron chi connectivity index (χ4n) is 2.68. The van der Waals surface area contributed by atoms with Crippen LogP contribution in [0.1, 0.15) is 28.4 Å². The molecule has 1 aromatic carbocycles. The number of ketones is 1. The lowest BCUT2D eigenvalue weighted by Gasteiger charge is -2.21. The Balaban J connectivity index is 1.78. The molecule has 20 heavy (non-hydrogen) atoms. The van der Waals surface area contributed by atoms with Crippen molar-refractivity contribution < 1.29 is 4.79 Å². The lowest BCUT2D eigenvalue weighted by Crippen LogP contribution is -2.26. The molecule has 2 aromatic rings. The van der Waals surface area contributed by atoms with Gasteiger partial charge in [0.1, 0.15) is 5.82 Å². The SMILES string of the molecule is CC(=O)c1ccc(N2CCc3ccccc3CC2)nc1. The van der Waals surface area contributed by atoms with Gasteiger partial charge in [-0.3, -0.25) is 4.79 Å². The van der Waals surface area contributed by atoms with Crippen LogP contribution < -0.4 is 4.90 Å². The van der Waals surface area contributed by atoms with Crippen molar-refractivity contribution in [2.45, 2.75) is 19.8 Å². The molecule has 1 aromatic heterocycles. The summed E-state index contributed by atoms with van der Waals surface area (Å²) in [4.78, 5) is 18.0. The van der Waals surface area contributed by atoms with Gasteiger partial charge in [-0.15, -0.1) is 0 Å². The minimum atomic E-state index is 0.0623. The number of hydrogen-bond acceptors (Lipinski definition) is 3. The molecule has 3 rings (SSSR count). The summed E-state index contributed by atoms with van der Waals surface area (Å²) in [7, 11) is 0. The molecule has 0 saturated carbocycles. The number of fused-ring (bicyclic) bond motifs is 1. The number of anilines is 1. The van der Waals surface area contributed by atoms with Gasteiger partial charge in [-0.25, -0.2) is 4.98 Å². The highest BCUT2D eigenvalue weighted by Gasteiger charge is 2.14. The molecule has 0 spiro atoms. The fourth-order valence-corrected chi connectivity index (χ4v) is 2.68. The van der Waals surface area contributed by atoms with E-state index in [0.29, 0.717) is 5.56 Å². The first-order valence-electron chi connectivity index (χ1n) is 7.03. The second-order valence-electron chi connectivity index (χ2n) is 5.22. The normalized spacial score (nSPS) is 14.6. The number of carbonyl (C=O) groups is 1. The Hall–Kier alpha value is -2.16. The van der Waals surface area contributed by atoms with Gasteiger partial charge in [-0.2, -0.15) is 0 Å². The van der Waals surface area contributed by atoms with E-state index in [1.54, 1.807) is 13.1 Å². The Kier molecular flexibility index (Phi) is 3.50. The van der Waals surface area contributed by atoms with Crippen LogP contribution in [0.25, 0.3) is 0 Å². The van der Waals surface area contributed by atoms with Crippen LogP contribution in [0.3, 0.4) is 0 Å². The third kappa shape index (κ3) is 2.57. The van der Waals surface area contributed by atoms with E-state index in [2.05, 4.69) is 34.1 Å². The topological polar surface area (TPSA) is 33.2 Å². The average Bonchev–Trinajstić information content (AvgIpc) is 2.70. The molecule has 0 unspecified atom stereocenters. The molecule has 0 N–H and O–H groups in total. The molecule has 102 valence electrons. The van der Waals surface area contributed by atoms with Gasteiger partial charge in [0, 0.05) is 24.8 Å². The van der Waals surface area contributed by atoms with E-state index in [0.717, 1.165) is 31.7 Å². The monoisotopic (exact) mass is 266 g/mol. The van der Waals surface area contributed by atoms with Crippen LogP contribution >= 0.6 is 0 Å². The predicted octanol–water partition coefficient (Wildman–Crippen LogP) is 2.89. The molecule has 3 nitrogen and oxygen atoms in total. The zero-order valence-corrected chi connectivity index (χ0v) is 11.7. The first-order chi connectivity index (χ1) is 9.74. The summed E-state index contributed by atoms with van der Waals surface area (Å²) >= 11 is 0. The zero-order chi connectivity index (χ0) is 13.9. The van der Waals surface area contributed by atoms with Gasteiger partial charge >= 0.3 is 0 Å². The molecule has 0 saturated heterocycles. The van der Waals surface area contributed by atoms with Crippen molar-refractivity contribution in [2.75, 3.05) is 18.0 Å². The highest BCUT2D eigenvalue weighted by atomic mass is 16.1. The summed E-state index contributed by atoms with van der Waals surface area (Å²) in [6.07, 6.45) is 3.77. The highest BCUT2D eigenvalue weighted by Crippen LogP contribution is 2.19. The van der Waals surface area contributed by atoms with Crippen molar-refractivity contribution in [3.63, 3.8) is 0 Å². The fraction of sp³-hybridized carbons (Fsp3) is 0.294. The minimum absolute atomic E-state index is 0.0623. The molecule has 3 heteroatoms. The summed E-state index contributed by atoms with van der Waals surface area (Å²) in [5.41, 5.74) is 3.55. The smallest absolute Gasteiger partial charge is 0.161 e. The molecule has 1 aliphatic heterocycles. The van der Waals surface area contributed by atoms with E-state index < -0.39 is 0 Å². The first-order valence-corrected chi connectivity index (χ1v) is 7.03. The van der Waals surface area contributed by atoms with Crippen LogP contribution in [0.5, 0.6) is 0 Å². The first kappa shape index (κ1) is 12.9. The second-order valence-corrected chi connectivity index (χ2v) is 5.22. The number of Topliss-reactive ketones (excluding diaryl/α,β-unsaturated/α-hetero) is 1. The van der Waals surface area contributed by atoms with Crippen LogP contribution in [0, 0.1) is 0 Å². The van der Waals surface area contributed by atoms with Crippen LogP contribution in [0.4, 0.5) is 5.82 Å². The van der Waals surface area contributed by atoms with Crippen molar-refractivity contribution in [1.29, 1.82) is 0 Å². The molecule has 0 radical (unpaired) electrons. The number of rotatable bonds is 2. The summed E-state index contributed by atoms with van der Waals surface area (Å²) in [5, 5.41) is 0. The van der Waals surface area contributed by atoms with Crippen molar-refractivity contribution in [3.05, 3.63) is 59.3 Å². The maximum absolute atomic E-state index is 11.3. The van der Waals surface area contributed by atoms with Gasteiger partial charge in [-0.05, 0) is 43.0 Å². The summed E-state index contributed by atoms with van der Waals surface area (Å²) in [5.74, 6) is 1.02. The van der Waals surface area contributed by atoms with Crippen LogP contribution in [-0.4, -0.2) is 23.9 Å². The van der Waals surface area contributed by atoms with E-state index in [9.17, 15) is 4.79 Å². The lowest BCUT2D eigenvalue weighted by atomic mass is 10.0. The molecular weight excluding hydrogens is 248 g/mol. The third-order valence-electron chi connectivity index (χ3n) is 3.90. The number of benzene rings is 1. The van der Waals surface area contributed by atoms with Crippen LogP contribution in [0.2, 0.25) is 0 Å². The number of aromatic nitrogens is 1. The van der Waals surface area contributed by atoms with Crippen molar-refractivity contribution in [3.8, 4) is 0 Å². The highest BCUT2D eigenvalue weighted by molar-refractivity contribution is 5.93. The molecule has 0 fully saturated rings. The van der Waals surface area contributed by atoms with Gasteiger partial charge in [0.05, 0.1) is 0 Å². The number of carbonyl (C=O) groups excluding carboxylic acids is 1. The third-order valence-corrected chi connectivity index (χ3v) is 3.90. The molecule has 0 aliphatic carbocycles. The molecular formula is C17H18N2O. The van der Waals surface area contributed by atoms with E-state index >= 15 is 0 Å². The van der Waals surface area contributed by atoms with E-state index in [4.69, 9.17) is 0 Å². The van der Waals surface area contributed by atoms with Crippen molar-refractivity contribution in [1.82, 2.24) is 4.98 Å². The molecule has 0 amide bonds. The van der Waals surface area contributed by atoms with Crippen LogP contribution in [-0.2, 0) is 12.8 Å². The maximum Gasteiger partial charge on any atom is 0.161 e. The standard InChI is InChI=1S/C17H18N2O/c1-13(20)16-6-7-17(18-12-16)19-10-8-14-4-2-3-5-15(14)9-11-19/h2-7,12H,8-11H2,1H3. The van der Waals surface area contributed by atoms with Crippen molar-refractivity contribution >= 4 is 11.6 Å². The summed E-state index contributed by atoms with van der Waals surface area (Å²) in [6.45, 7) is 3.52. The number of nitrogens with zero attached hydrogens (tertiary/aromatic N) is 2. The Bertz CT molecular complexity index is 592.